The Balaban J connectivity index is 2.06. The predicted molar refractivity (Wildman–Crippen MR) is 237 cm³/mol. The number of aldehydes is 2. The van der Waals surface area contributed by atoms with Crippen LogP contribution in [-0.2, 0) is 9.59 Å². The molecule has 18 heteroatoms. The second-order valence-corrected chi connectivity index (χ2v) is 25.5. The van der Waals surface area contributed by atoms with Gasteiger partial charge in [0.25, 0.3) is 0 Å². The molecule has 4 rings (SSSR count). The average molecular weight is 884 g/mol. The van der Waals surface area contributed by atoms with E-state index in [-0.39, 0.29) is 0 Å². The summed E-state index contributed by atoms with van der Waals surface area (Å²) in [7, 11) is 0. The number of carbonyl (C=O) groups is 2. The third-order valence-electron chi connectivity index (χ3n) is 5.51. The normalized spacial score (nSPS) is 19.0. The lowest BCUT2D eigenvalue weighted by atomic mass is 9.97. The van der Waals surface area contributed by atoms with E-state index in [4.69, 9.17) is 0 Å². The molecule has 0 saturated heterocycles. The Morgan fingerprint density at radius 2 is 0.545 bits per heavy atom. The van der Waals surface area contributed by atoms with Crippen molar-refractivity contribution in [1.29, 1.82) is 0 Å². The molecule has 44 heavy (non-hydrogen) atoms. The number of allylic oxidation sites excluding steroid dienone is 4. The van der Waals surface area contributed by atoms with Gasteiger partial charge in [0.15, 0.2) is 12.6 Å². The molecule has 0 aromatic carbocycles. The highest BCUT2D eigenvalue weighted by atomic mass is 32.3. The lowest BCUT2D eigenvalue weighted by Gasteiger charge is -2.20. The van der Waals surface area contributed by atoms with Gasteiger partial charge in [-0.2, -0.15) is 0 Å². The van der Waals surface area contributed by atoms with Gasteiger partial charge in [0, 0.05) is 22.3 Å². The van der Waals surface area contributed by atoms with Crippen molar-refractivity contribution < 1.29 is 9.59 Å². The van der Waals surface area contributed by atoms with Crippen molar-refractivity contribution in [1.82, 2.24) is 0 Å². The van der Waals surface area contributed by atoms with Crippen LogP contribution in [0.15, 0.2) is 73.1 Å². The first-order valence-electron chi connectivity index (χ1n) is 12.0. The van der Waals surface area contributed by atoms with Crippen LogP contribution in [0.5, 0.6) is 0 Å². The molecule has 0 aliphatic carbocycles. The zero-order valence-corrected chi connectivity index (χ0v) is 37.6. The molecule has 0 spiro atoms. The van der Waals surface area contributed by atoms with Crippen molar-refractivity contribution in [3.8, 4) is 0 Å². The number of hydrogen-bond acceptors (Lipinski definition) is 18. The summed E-state index contributed by atoms with van der Waals surface area (Å²) in [5.41, 5.74) is 3.08. The molecule has 0 N–H and O–H groups in total. The second kappa shape index (κ2) is 19.5. The fourth-order valence-electron chi connectivity index (χ4n) is 3.63. The maximum Gasteiger partial charge on any atom is 0.152 e. The minimum absolute atomic E-state index is 0.663. The van der Waals surface area contributed by atoms with Crippen molar-refractivity contribution in [2.45, 2.75) is 0 Å². The molecule has 2 nitrogen and oxygen atoms in total. The summed E-state index contributed by atoms with van der Waals surface area (Å²) in [4.78, 5) is 26.8. The van der Waals surface area contributed by atoms with E-state index in [1.807, 2.05) is 0 Å². The molecule has 0 bridgehead atoms. The van der Waals surface area contributed by atoms with E-state index < -0.39 is 0 Å². The molecular formula is C26H26O2S16. The fraction of sp³-hybridized carbons (Fsp3) is 0.308. The van der Waals surface area contributed by atoms with Gasteiger partial charge in [0.2, 0.25) is 0 Å². The number of rotatable bonds is 13. The number of hydrogen-bond donors (Lipinski definition) is 0. The third kappa shape index (κ3) is 8.83. The smallest absolute Gasteiger partial charge is 0.152 e. The number of carbonyl (C=O) groups excluding carboxylic acids is 2. The molecule has 0 aromatic heterocycles. The van der Waals surface area contributed by atoms with Crippen LogP contribution in [0.2, 0.25) is 0 Å². The summed E-state index contributed by atoms with van der Waals surface area (Å²) >= 11 is 27.5. The van der Waals surface area contributed by atoms with Crippen LogP contribution in [0.3, 0.4) is 0 Å². The molecule has 4 aliphatic rings. The summed E-state index contributed by atoms with van der Waals surface area (Å²) < 4.78 is 13.8. The minimum atomic E-state index is 0.663. The monoisotopic (exact) mass is 882 g/mol. The molecular weight excluding hydrogens is 857 g/mol. The Labute approximate surface area is 329 Å². The Hall–Kier alpha value is 2.86. The topological polar surface area (TPSA) is 34.1 Å². The molecule has 0 fully saturated rings. The largest absolute Gasteiger partial charge is 0.298 e. The predicted octanol–water partition coefficient (Wildman–Crippen LogP) is 13.6. The molecule has 0 aromatic rings. The standard InChI is InChI=1S/C26H26O2S16/c1-29-19-20(30-2)38-15(37-19)11(9-27)13(17-41-23(33-5)24(34-6)42-17)14(18-43-25(35-7)26(36-8)44-18)12(10-28)16-39-21(31-3)22(32-4)40-16/h9-10H,1-8H3. The fourth-order valence-corrected chi connectivity index (χ4v) is 23.9. The maximum absolute atomic E-state index is 13.4. The van der Waals surface area contributed by atoms with Crippen LogP contribution in [-0.4, -0.2) is 62.6 Å². The van der Waals surface area contributed by atoms with Gasteiger partial charge >= 0.3 is 0 Å². The highest BCUT2D eigenvalue weighted by Gasteiger charge is 2.37. The third-order valence-corrected chi connectivity index (χ3v) is 26.5. The van der Waals surface area contributed by atoms with Gasteiger partial charge < -0.3 is 0 Å². The van der Waals surface area contributed by atoms with Crippen molar-refractivity contribution in [2.75, 3.05) is 50.0 Å². The maximum atomic E-state index is 13.4. The summed E-state index contributed by atoms with van der Waals surface area (Å²) in [5.74, 6) is 0. The van der Waals surface area contributed by atoms with Gasteiger partial charge in [-0.1, -0.05) is 94.1 Å². The Bertz CT molecular complexity index is 1290. The van der Waals surface area contributed by atoms with Crippen LogP contribution in [0, 0.1) is 0 Å². The van der Waals surface area contributed by atoms with E-state index >= 15 is 0 Å². The van der Waals surface area contributed by atoms with Crippen molar-refractivity contribution >= 4 is 201 Å². The summed E-state index contributed by atoms with van der Waals surface area (Å²) in [6, 6.07) is 0. The molecule has 238 valence electrons. The summed E-state index contributed by atoms with van der Waals surface area (Å²) in [6.45, 7) is 0. The zero-order valence-electron chi connectivity index (χ0n) is 24.5. The van der Waals surface area contributed by atoms with Gasteiger partial charge in [-0.3, -0.25) is 9.59 Å². The van der Waals surface area contributed by atoms with Gasteiger partial charge in [-0.15, -0.1) is 94.1 Å². The highest BCUT2D eigenvalue weighted by Crippen LogP contribution is 2.66. The van der Waals surface area contributed by atoms with E-state index in [2.05, 4.69) is 50.0 Å². The number of thioether (sulfide) groups is 16. The Morgan fingerprint density at radius 1 is 0.364 bits per heavy atom. The van der Waals surface area contributed by atoms with Gasteiger partial charge in [0.1, 0.15) is 0 Å². The molecule has 4 heterocycles. The highest BCUT2D eigenvalue weighted by molar-refractivity contribution is 8.42. The lowest BCUT2D eigenvalue weighted by Crippen LogP contribution is -2.06. The molecule has 4 aliphatic heterocycles. The lowest BCUT2D eigenvalue weighted by molar-refractivity contribution is -0.105. The molecule has 0 amide bonds. The average Bonchev–Trinajstić information content (AvgIpc) is 3.85. The Morgan fingerprint density at radius 3 is 0.705 bits per heavy atom. The second-order valence-electron chi connectivity index (χ2n) is 7.71. The first-order valence-corrected chi connectivity index (χ1v) is 28.3. The Kier molecular flexibility index (Phi) is 17.5. The van der Waals surface area contributed by atoms with Gasteiger partial charge in [0.05, 0.1) is 50.8 Å². The van der Waals surface area contributed by atoms with Crippen LogP contribution in [0.4, 0.5) is 0 Å². The van der Waals surface area contributed by atoms with Gasteiger partial charge in [-0.05, 0) is 50.0 Å². The zero-order chi connectivity index (χ0) is 32.0. The van der Waals surface area contributed by atoms with Crippen molar-refractivity contribution in [3.63, 3.8) is 0 Å². The molecule has 0 radical (unpaired) electrons. The SMILES string of the molecule is CSC1=C(SC)SC(=C(C=O)C(=C2SC(SC)=C(SC)S2)C(=C2SC(SC)=C(SC)S2)C(C=O)=C2SC(SC)=C(SC)S2)S1. The first kappa shape index (κ1) is 39.6. The summed E-state index contributed by atoms with van der Waals surface area (Å²) in [6.07, 6.45) is 18.8. The van der Waals surface area contributed by atoms with Gasteiger partial charge in [-0.25, -0.2) is 0 Å². The van der Waals surface area contributed by atoms with Crippen molar-refractivity contribution in [2.24, 2.45) is 0 Å². The van der Waals surface area contributed by atoms with Crippen LogP contribution in [0.25, 0.3) is 0 Å². The van der Waals surface area contributed by atoms with E-state index in [1.165, 1.54) is 33.9 Å². The first-order chi connectivity index (χ1) is 21.4. The summed E-state index contributed by atoms with van der Waals surface area (Å²) in [5, 5.41) is 0. The van der Waals surface area contributed by atoms with Crippen LogP contribution in [0.1, 0.15) is 0 Å². The van der Waals surface area contributed by atoms with Crippen LogP contribution >= 0.6 is 188 Å². The van der Waals surface area contributed by atoms with E-state index in [0.717, 1.165) is 40.7 Å². The quantitative estimate of drug-likeness (QED) is 0.130. The van der Waals surface area contributed by atoms with E-state index in [0.29, 0.717) is 11.1 Å². The van der Waals surface area contributed by atoms with Crippen molar-refractivity contribution in [3.05, 3.63) is 73.1 Å². The van der Waals surface area contributed by atoms with E-state index in [9.17, 15) is 9.59 Å². The molecule has 0 saturated carbocycles. The minimum Gasteiger partial charge on any atom is -0.298 e. The molecule has 0 atom stereocenters. The van der Waals surface area contributed by atoms with E-state index in [1.54, 1.807) is 188 Å². The molecule has 0 unspecified atom stereocenters. The van der Waals surface area contributed by atoms with Crippen LogP contribution < -0.4 is 0 Å².